The lowest BCUT2D eigenvalue weighted by Gasteiger charge is -1.98. The summed E-state index contributed by atoms with van der Waals surface area (Å²) in [7, 11) is 0. The highest BCUT2D eigenvalue weighted by molar-refractivity contribution is 5.35. The van der Waals surface area contributed by atoms with Gasteiger partial charge in [0, 0.05) is 6.07 Å². The first-order valence-corrected chi connectivity index (χ1v) is 2.41. The van der Waals surface area contributed by atoms with Gasteiger partial charge in [-0.05, 0) is 0 Å². The number of furan rings is 1. The van der Waals surface area contributed by atoms with Crippen LogP contribution in [0.3, 0.4) is 0 Å². The van der Waals surface area contributed by atoms with Crippen molar-refractivity contribution in [2.24, 2.45) is 0 Å². The van der Waals surface area contributed by atoms with Gasteiger partial charge >= 0.3 is 6.18 Å². The maximum Gasteiger partial charge on any atom is 0.449 e. The SMILES string of the molecule is Nc1coc(C(F)(F)F)c1. The Labute approximate surface area is 54.4 Å². The van der Waals surface area contributed by atoms with E-state index in [1.165, 1.54) is 0 Å². The van der Waals surface area contributed by atoms with Crippen molar-refractivity contribution in [2.75, 3.05) is 5.73 Å². The first-order chi connectivity index (χ1) is 4.50. The van der Waals surface area contributed by atoms with Gasteiger partial charge in [-0.25, -0.2) is 0 Å². The third-order valence-corrected chi connectivity index (χ3v) is 0.899. The van der Waals surface area contributed by atoms with E-state index in [4.69, 9.17) is 5.73 Å². The minimum atomic E-state index is -4.43. The van der Waals surface area contributed by atoms with Crippen LogP contribution in [0.1, 0.15) is 5.76 Å². The lowest BCUT2D eigenvalue weighted by atomic mass is 10.4. The van der Waals surface area contributed by atoms with Crippen molar-refractivity contribution in [3.05, 3.63) is 18.1 Å². The molecule has 10 heavy (non-hydrogen) atoms. The van der Waals surface area contributed by atoms with E-state index in [9.17, 15) is 13.2 Å². The Morgan fingerprint density at radius 1 is 1.40 bits per heavy atom. The molecule has 0 atom stereocenters. The Morgan fingerprint density at radius 2 is 2.00 bits per heavy atom. The topological polar surface area (TPSA) is 39.2 Å². The summed E-state index contributed by atoms with van der Waals surface area (Å²) in [5.74, 6) is -1.06. The molecule has 0 aromatic carbocycles. The number of alkyl halides is 3. The molecule has 0 radical (unpaired) electrons. The number of nitrogens with two attached hydrogens (primary N) is 1. The molecule has 0 fully saturated rings. The second-order valence-corrected chi connectivity index (χ2v) is 1.74. The zero-order valence-electron chi connectivity index (χ0n) is 4.77. The molecule has 5 heteroatoms. The minimum Gasteiger partial charge on any atom is -0.458 e. The molecule has 1 aromatic rings. The van der Waals surface area contributed by atoms with Crippen molar-refractivity contribution >= 4 is 5.69 Å². The van der Waals surface area contributed by atoms with Gasteiger partial charge < -0.3 is 10.2 Å². The fourth-order valence-electron chi connectivity index (χ4n) is 0.500. The van der Waals surface area contributed by atoms with Crippen molar-refractivity contribution in [3.63, 3.8) is 0 Å². The average molecular weight is 151 g/mol. The number of hydrogen-bond acceptors (Lipinski definition) is 2. The van der Waals surface area contributed by atoms with Crippen LogP contribution in [-0.4, -0.2) is 0 Å². The number of anilines is 1. The molecule has 0 saturated carbocycles. The van der Waals surface area contributed by atoms with Gasteiger partial charge in [0.1, 0.15) is 6.26 Å². The molecule has 0 aliphatic rings. The van der Waals surface area contributed by atoms with Crippen LogP contribution in [0.5, 0.6) is 0 Å². The normalized spacial score (nSPS) is 11.9. The van der Waals surface area contributed by atoms with Crippen LogP contribution in [0.4, 0.5) is 18.9 Å². The van der Waals surface area contributed by atoms with Crippen molar-refractivity contribution in [1.29, 1.82) is 0 Å². The monoisotopic (exact) mass is 151 g/mol. The number of halogens is 3. The Hall–Kier alpha value is -1.13. The van der Waals surface area contributed by atoms with Crippen molar-refractivity contribution < 1.29 is 17.6 Å². The lowest BCUT2D eigenvalue weighted by molar-refractivity contribution is -0.153. The Kier molecular flexibility index (Phi) is 1.35. The minimum absolute atomic E-state index is 0.0210. The van der Waals surface area contributed by atoms with Gasteiger partial charge in [0.05, 0.1) is 5.69 Å². The van der Waals surface area contributed by atoms with E-state index in [1.807, 2.05) is 0 Å². The Morgan fingerprint density at radius 3 is 2.20 bits per heavy atom. The molecule has 0 aliphatic heterocycles. The molecule has 0 amide bonds. The molecular formula is C5H4F3NO. The van der Waals surface area contributed by atoms with Crippen molar-refractivity contribution in [3.8, 4) is 0 Å². The summed E-state index contributed by atoms with van der Waals surface area (Å²) in [6.07, 6.45) is -3.58. The molecule has 1 heterocycles. The number of rotatable bonds is 0. The molecular weight excluding hydrogens is 147 g/mol. The summed E-state index contributed by atoms with van der Waals surface area (Å²) in [5, 5.41) is 0. The zero-order valence-corrected chi connectivity index (χ0v) is 4.77. The van der Waals surface area contributed by atoms with E-state index >= 15 is 0 Å². The van der Waals surface area contributed by atoms with Gasteiger partial charge in [0.15, 0.2) is 0 Å². The van der Waals surface area contributed by atoms with Crippen LogP contribution in [-0.2, 0) is 6.18 Å². The van der Waals surface area contributed by atoms with E-state index < -0.39 is 11.9 Å². The molecule has 1 rings (SSSR count). The predicted octanol–water partition coefficient (Wildman–Crippen LogP) is 1.88. The fraction of sp³-hybridized carbons (Fsp3) is 0.200. The standard InChI is InChI=1S/C5H4F3NO/c6-5(7,8)4-1-3(9)2-10-4/h1-2H,9H2. The first kappa shape index (κ1) is 6.98. The molecule has 1 aromatic heterocycles. The Bertz CT molecular complexity index is 227. The van der Waals surface area contributed by atoms with Crippen molar-refractivity contribution in [2.45, 2.75) is 6.18 Å². The van der Waals surface area contributed by atoms with E-state index in [1.54, 1.807) is 0 Å². The summed E-state index contributed by atoms with van der Waals surface area (Å²) in [4.78, 5) is 0. The first-order valence-electron chi connectivity index (χ1n) is 2.41. The maximum absolute atomic E-state index is 11.7. The molecule has 0 unspecified atom stereocenters. The van der Waals surface area contributed by atoms with Crippen LogP contribution >= 0.6 is 0 Å². The highest BCUT2D eigenvalue weighted by Gasteiger charge is 2.34. The third-order valence-electron chi connectivity index (χ3n) is 0.899. The largest absolute Gasteiger partial charge is 0.458 e. The molecule has 2 nitrogen and oxygen atoms in total. The fourth-order valence-corrected chi connectivity index (χ4v) is 0.500. The van der Waals surface area contributed by atoms with Crippen LogP contribution in [0.15, 0.2) is 16.7 Å². The van der Waals surface area contributed by atoms with E-state index in [0.29, 0.717) is 0 Å². The number of hydrogen-bond donors (Lipinski definition) is 1. The third kappa shape index (κ3) is 1.23. The van der Waals surface area contributed by atoms with Crippen LogP contribution in [0, 0.1) is 0 Å². The second-order valence-electron chi connectivity index (χ2n) is 1.74. The molecule has 56 valence electrons. The molecule has 0 bridgehead atoms. The highest BCUT2D eigenvalue weighted by atomic mass is 19.4. The zero-order chi connectivity index (χ0) is 7.78. The average Bonchev–Trinajstić information content (AvgIpc) is 2.11. The maximum atomic E-state index is 11.7. The van der Waals surface area contributed by atoms with E-state index in [0.717, 1.165) is 12.3 Å². The quantitative estimate of drug-likeness (QED) is 0.614. The lowest BCUT2D eigenvalue weighted by Crippen LogP contribution is -2.02. The van der Waals surface area contributed by atoms with Gasteiger partial charge in [-0.2, -0.15) is 13.2 Å². The van der Waals surface area contributed by atoms with Crippen LogP contribution in [0.2, 0.25) is 0 Å². The van der Waals surface area contributed by atoms with Crippen molar-refractivity contribution in [1.82, 2.24) is 0 Å². The van der Waals surface area contributed by atoms with E-state index in [2.05, 4.69) is 4.42 Å². The summed E-state index contributed by atoms with van der Waals surface area (Å²) in [5.41, 5.74) is 4.96. The van der Waals surface area contributed by atoms with Gasteiger partial charge in [0.2, 0.25) is 5.76 Å². The summed E-state index contributed by atoms with van der Waals surface area (Å²) in [6.45, 7) is 0. The van der Waals surface area contributed by atoms with Gasteiger partial charge in [0.25, 0.3) is 0 Å². The molecule has 0 aliphatic carbocycles. The van der Waals surface area contributed by atoms with E-state index in [-0.39, 0.29) is 5.69 Å². The van der Waals surface area contributed by atoms with Gasteiger partial charge in [-0.1, -0.05) is 0 Å². The van der Waals surface area contributed by atoms with Crippen LogP contribution < -0.4 is 5.73 Å². The van der Waals surface area contributed by atoms with Crippen LogP contribution in [0.25, 0.3) is 0 Å². The van der Waals surface area contributed by atoms with Gasteiger partial charge in [-0.15, -0.1) is 0 Å². The summed E-state index contributed by atoms with van der Waals surface area (Å²) in [6, 6.07) is 0.736. The molecule has 0 spiro atoms. The smallest absolute Gasteiger partial charge is 0.449 e. The second kappa shape index (κ2) is 1.93. The predicted molar refractivity (Wildman–Crippen MR) is 28.1 cm³/mol. The molecule has 2 N–H and O–H groups in total. The Balaban J connectivity index is 2.96. The summed E-state index contributed by atoms with van der Waals surface area (Å²) >= 11 is 0. The highest BCUT2D eigenvalue weighted by Crippen LogP contribution is 2.30. The summed E-state index contributed by atoms with van der Waals surface area (Å²) < 4.78 is 39.0. The van der Waals surface area contributed by atoms with Gasteiger partial charge in [-0.3, -0.25) is 0 Å². The molecule has 0 saturated heterocycles. The number of nitrogen functional groups attached to an aromatic ring is 1.